The van der Waals surface area contributed by atoms with Gasteiger partial charge in [-0.1, -0.05) is 42.8 Å². The molecule has 0 radical (unpaired) electrons. The zero-order valence-corrected chi connectivity index (χ0v) is 15.1. The molecule has 0 atom stereocenters. The molecule has 1 fully saturated rings. The highest BCUT2D eigenvalue weighted by Crippen LogP contribution is 2.31. The highest BCUT2D eigenvalue weighted by molar-refractivity contribution is 6.35. The minimum atomic E-state index is 0.558. The van der Waals surface area contributed by atoms with Crippen molar-refractivity contribution in [2.24, 2.45) is 5.92 Å². The summed E-state index contributed by atoms with van der Waals surface area (Å²) < 4.78 is 11.6. The molecule has 4 heteroatoms. The summed E-state index contributed by atoms with van der Waals surface area (Å²) in [5.74, 6) is 1.74. The van der Waals surface area contributed by atoms with E-state index in [1.165, 1.54) is 25.9 Å². The Hall–Kier alpha value is -1.29. The molecule has 130 valence electrons. The van der Waals surface area contributed by atoms with Gasteiger partial charge >= 0.3 is 0 Å². The molecule has 3 rings (SSSR count). The van der Waals surface area contributed by atoms with E-state index in [0.29, 0.717) is 13.2 Å². The van der Waals surface area contributed by atoms with Crippen molar-refractivity contribution in [1.82, 2.24) is 4.90 Å². The van der Waals surface area contributed by atoms with E-state index in [9.17, 15) is 0 Å². The smallest absolute Gasteiger partial charge is 0.127 e. The summed E-state index contributed by atoms with van der Waals surface area (Å²) in [7, 11) is 0. The lowest BCUT2D eigenvalue weighted by Crippen LogP contribution is -2.35. The third-order valence-electron chi connectivity index (χ3n) is 4.74. The molecule has 0 bridgehead atoms. The standard InChI is InChI=1S/C20H26ClNO2/c1-16-8-10-22(11-9-16)12-13-23-14-15-24-20-7-6-19(21)17-4-2-3-5-18(17)20/h2-7,16H,8-15H2,1H3. The molecule has 1 aliphatic heterocycles. The fourth-order valence-corrected chi connectivity index (χ4v) is 3.38. The largest absolute Gasteiger partial charge is 0.491 e. The second-order valence-electron chi connectivity index (χ2n) is 6.58. The van der Waals surface area contributed by atoms with Gasteiger partial charge in [0.2, 0.25) is 0 Å². The molecule has 1 aliphatic rings. The topological polar surface area (TPSA) is 21.7 Å². The number of halogens is 1. The van der Waals surface area contributed by atoms with E-state index in [0.717, 1.165) is 40.6 Å². The van der Waals surface area contributed by atoms with Crippen LogP contribution >= 0.6 is 11.6 Å². The Bertz CT molecular complexity index is 653. The van der Waals surface area contributed by atoms with E-state index < -0.39 is 0 Å². The number of rotatable bonds is 7. The van der Waals surface area contributed by atoms with Crippen molar-refractivity contribution in [1.29, 1.82) is 0 Å². The third kappa shape index (κ3) is 4.62. The minimum Gasteiger partial charge on any atom is -0.491 e. The minimum absolute atomic E-state index is 0.558. The van der Waals surface area contributed by atoms with Gasteiger partial charge in [-0.25, -0.2) is 0 Å². The maximum absolute atomic E-state index is 6.23. The molecule has 2 aromatic carbocycles. The van der Waals surface area contributed by atoms with Crippen molar-refractivity contribution in [3.8, 4) is 5.75 Å². The van der Waals surface area contributed by atoms with Gasteiger partial charge in [-0.2, -0.15) is 0 Å². The molecule has 0 N–H and O–H groups in total. The van der Waals surface area contributed by atoms with Crippen LogP contribution in [0.25, 0.3) is 10.8 Å². The van der Waals surface area contributed by atoms with Gasteiger partial charge in [0.25, 0.3) is 0 Å². The number of fused-ring (bicyclic) bond motifs is 1. The van der Waals surface area contributed by atoms with Crippen LogP contribution in [0.3, 0.4) is 0 Å². The van der Waals surface area contributed by atoms with Gasteiger partial charge < -0.3 is 14.4 Å². The number of benzene rings is 2. The van der Waals surface area contributed by atoms with Crippen LogP contribution in [-0.2, 0) is 4.74 Å². The second kappa shape index (κ2) is 8.70. The first kappa shape index (κ1) is 17.5. The van der Waals surface area contributed by atoms with Crippen molar-refractivity contribution < 1.29 is 9.47 Å². The number of nitrogens with zero attached hydrogens (tertiary/aromatic N) is 1. The van der Waals surface area contributed by atoms with E-state index in [2.05, 4.69) is 11.8 Å². The van der Waals surface area contributed by atoms with Crippen LogP contribution in [0.15, 0.2) is 36.4 Å². The fourth-order valence-electron chi connectivity index (χ4n) is 3.15. The fraction of sp³-hybridized carbons (Fsp3) is 0.500. The van der Waals surface area contributed by atoms with Crippen molar-refractivity contribution >= 4 is 22.4 Å². The number of hydrogen-bond donors (Lipinski definition) is 0. The van der Waals surface area contributed by atoms with Gasteiger partial charge in [0.15, 0.2) is 0 Å². The molecule has 1 saturated heterocycles. The summed E-state index contributed by atoms with van der Waals surface area (Å²) in [6, 6.07) is 11.9. The monoisotopic (exact) mass is 347 g/mol. The number of hydrogen-bond acceptors (Lipinski definition) is 3. The van der Waals surface area contributed by atoms with Gasteiger partial charge in [0.05, 0.1) is 13.2 Å². The van der Waals surface area contributed by atoms with Crippen molar-refractivity contribution in [3.05, 3.63) is 41.4 Å². The van der Waals surface area contributed by atoms with Crippen LogP contribution in [0, 0.1) is 5.92 Å². The van der Waals surface area contributed by atoms with Gasteiger partial charge in [-0.15, -0.1) is 0 Å². The van der Waals surface area contributed by atoms with Crippen LogP contribution in [0.5, 0.6) is 5.75 Å². The first-order valence-corrected chi connectivity index (χ1v) is 9.22. The highest BCUT2D eigenvalue weighted by atomic mass is 35.5. The zero-order valence-electron chi connectivity index (χ0n) is 14.3. The Morgan fingerprint density at radius 3 is 2.54 bits per heavy atom. The number of likely N-dealkylation sites (tertiary alicyclic amines) is 1. The summed E-state index contributed by atoms with van der Waals surface area (Å²) in [6.07, 6.45) is 2.62. The Balaban J connectivity index is 1.39. The van der Waals surface area contributed by atoms with Gasteiger partial charge in [-0.3, -0.25) is 0 Å². The average molecular weight is 348 g/mol. The summed E-state index contributed by atoms with van der Waals surface area (Å²) in [5, 5.41) is 2.83. The Kier molecular flexibility index (Phi) is 6.36. The first-order chi connectivity index (χ1) is 11.7. The van der Waals surface area contributed by atoms with E-state index in [1.807, 2.05) is 36.4 Å². The van der Waals surface area contributed by atoms with Crippen molar-refractivity contribution in [3.63, 3.8) is 0 Å². The molecule has 0 aromatic heterocycles. The van der Waals surface area contributed by atoms with Gasteiger partial charge in [-0.05, 0) is 44.0 Å². The molecule has 0 aliphatic carbocycles. The first-order valence-electron chi connectivity index (χ1n) is 8.84. The molecule has 1 heterocycles. The molecule has 3 nitrogen and oxygen atoms in total. The lowest BCUT2D eigenvalue weighted by atomic mass is 9.99. The maximum Gasteiger partial charge on any atom is 0.127 e. The Labute approximate surface area is 149 Å². The Morgan fingerprint density at radius 2 is 1.75 bits per heavy atom. The lowest BCUT2D eigenvalue weighted by Gasteiger charge is -2.29. The summed E-state index contributed by atoms with van der Waals surface area (Å²) >= 11 is 6.23. The molecule has 0 amide bonds. The zero-order chi connectivity index (χ0) is 16.8. The summed E-state index contributed by atoms with van der Waals surface area (Å²) in [5.41, 5.74) is 0. The summed E-state index contributed by atoms with van der Waals surface area (Å²) in [6.45, 7) is 7.72. The molecule has 24 heavy (non-hydrogen) atoms. The van der Waals surface area contributed by atoms with Crippen LogP contribution in [0.2, 0.25) is 5.02 Å². The van der Waals surface area contributed by atoms with E-state index >= 15 is 0 Å². The van der Waals surface area contributed by atoms with Crippen molar-refractivity contribution in [2.45, 2.75) is 19.8 Å². The van der Waals surface area contributed by atoms with E-state index in [4.69, 9.17) is 21.1 Å². The molecular formula is C20H26ClNO2. The average Bonchev–Trinajstić information content (AvgIpc) is 2.61. The quantitative estimate of drug-likeness (QED) is 0.682. The molecular weight excluding hydrogens is 322 g/mol. The highest BCUT2D eigenvalue weighted by Gasteiger charge is 2.14. The third-order valence-corrected chi connectivity index (χ3v) is 5.07. The van der Waals surface area contributed by atoms with Gasteiger partial charge in [0.1, 0.15) is 12.4 Å². The second-order valence-corrected chi connectivity index (χ2v) is 6.98. The van der Waals surface area contributed by atoms with Crippen LogP contribution in [0.1, 0.15) is 19.8 Å². The van der Waals surface area contributed by atoms with Crippen LogP contribution < -0.4 is 4.74 Å². The number of ether oxygens (including phenoxy) is 2. The predicted octanol–water partition coefficient (Wildman–Crippen LogP) is 4.62. The lowest BCUT2D eigenvalue weighted by molar-refractivity contribution is 0.0712. The Morgan fingerprint density at radius 1 is 1.00 bits per heavy atom. The van der Waals surface area contributed by atoms with Crippen LogP contribution in [-0.4, -0.2) is 44.4 Å². The SMILES string of the molecule is CC1CCN(CCOCCOc2ccc(Cl)c3ccccc23)CC1. The van der Waals surface area contributed by atoms with Crippen molar-refractivity contribution in [2.75, 3.05) is 39.5 Å². The summed E-state index contributed by atoms with van der Waals surface area (Å²) in [4.78, 5) is 2.49. The van der Waals surface area contributed by atoms with E-state index in [1.54, 1.807) is 0 Å². The maximum atomic E-state index is 6.23. The normalized spacial score (nSPS) is 16.6. The number of piperidine rings is 1. The molecule has 2 aromatic rings. The predicted molar refractivity (Wildman–Crippen MR) is 100 cm³/mol. The van der Waals surface area contributed by atoms with Gasteiger partial charge in [0, 0.05) is 22.3 Å². The molecule has 0 spiro atoms. The van der Waals surface area contributed by atoms with Crippen LogP contribution in [0.4, 0.5) is 0 Å². The molecule has 0 unspecified atom stereocenters. The molecule has 0 saturated carbocycles. The van der Waals surface area contributed by atoms with E-state index in [-0.39, 0.29) is 0 Å².